The van der Waals surface area contributed by atoms with Crippen LogP contribution in [0.4, 0.5) is 13.2 Å². The van der Waals surface area contributed by atoms with E-state index in [2.05, 4.69) is 0 Å². The van der Waals surface area contributed by atoms with Crippen molar-refractivity contribution in [2.45, 2.75) is 25.2 Å². The lowest BCUT2D eigenvalue weighted by molar-refractivity contribution is -0.137. The number of aliphatic hydroxyl groups is 1. The third kappa shape index (κ3) is 2.94. The number of rotatable bonds is 3. The average molecular weight is 337 g/mol. The molecule has 0 aliphatic carbocycles. The molecule has 3 aromatic rings. The number of hydrogen-bond acceptors (Lipinski definition) is 3. The van der Waals surface area contributed by atoms with Gasteiger partial charge < -0.3 is 14.1 Å². The van der Waals surface area contributed by atoms with Gasteiger partial charge in [0, 0.05) is 6.20 Å². The molecule has 1 N–H and O–H groups in total. The van der Waals surface area contributed by atoms with Crippen LogP contribution in [0.15, 0.2) is 58.1 Å². The largest absolute Gasteiger partial charge is 0.464 e. The maximum Gasteiger partial charge on any atom is 0.416 e. The van der Waals surface area contributed by atoms with Gasteiger partial charge in [-0.1, -0.05) is 12.1 Å². The highest BCUT2D eigenvalue weighted by Crippen LogP contribution is 2.32. The Balaban J connectivity index is 1.98. The van der Waals surface area contributed by atoms with E-state index in [9.17, 15) is 23.1 Å². The van der Waals surface area contributed by atoms with Gasteiger partial charge in [0.1, 0.15) is 11.2 Å². The highest BCUT2D eigenvalue weighted by molar-refractivity contribution is 5.75. The first kappa shape index (κ1) is 16.3. The topological polar surface area (TPSA) is 55.4 Å². The van der Waals surface area contributed by atoms with Crippen LogP contribution >= 0.6 is 0 Å². The normalized spacial score (nSPS) is 14.7. The minimum absolute atomic E-state index is 0.0801. The lowest BCUT2D eigenvalue weighted by Gasteiger charge is -2.25. The van der Waals surface area contributed by atoms with Gasteiger partial charge in [0.05, 0.1) is 23.8 Å². The van der Waals surface area contributed by atoms with Crippen LogP contribution in [0.5, 0.6) is 0 Å². The highest BCUT2D eigenvalue weighted by atomic mass is 19.4. The number of benzene rings is 1. The zero-order valence-electron chi connectivity index (χ0n) is 12.7. The Morgan fingerprint density at radius 1 is 1.17 bits per heavy atom. The first-order chi connectivity index (χ1) is 11.2. The lowest BCUT2D eigenvalue weighted by atomic mass is 9.94. The van der Waals surface area contributed by atoms with Gasteiger partial charge >= 0.3 is 6.18 Å². The molecule has 3 rings (SSSR count). The summed E-state index contributed by atoms with van der Waals surface area (Å²) < 4.78 is 44.9. The number of halogens is 3. The second-order valence-electron chi connectivity index (χ2n) is 5.80. The number of pyridine rings is 1. The van der Waals surface area contributed by atoms with Crippen molar-refractivity contribution in [3.63, 3.8) is 0 Å². The van der Waals surface area contributed by atoms with E-state index < -0.39 is 17.3 Å². The van der Waals surface area contributed by atoms with Crippen molar-refractivity contribution >= 4 is 11.0 Å². The SMILES string of the molecule is CC(O)(Cn1ccc2occc2c1=O)c1cccc(C(F)(F)F)c1. The van der Waals surface area contributed by atoms with Crippen molar-refractivity contribution < 1.29 is 22.7 Å². The molecular formula is C17H14F3NO3. The molecule has 126 valence electrons. The Bertz CT molecular complexity index is 938. The molecule has 0 bridgehead atoms. The van der Waals surface area contributed by atoms with Gasteiger partial charge in [0.25, 0.3) is 5.56 Å². The van der Waals surface area contributed by atoms with E-state index in [1.54, 1.807) is 6.07 Å². The van der Waals surface area contributed by atoms with E-state index in [1.165, 1.54) is 42.1 Å². The van der Waals surface area contributed by atoms with Crippen LogP contribution < -0.4 is 5.56 Å². The van der Waals surface area contributed by atoms with Crippen molar-refractivity contribution in [1.29, 1.82) is 0 Å². The molecule has 4 nitrogen and oxygen atoms in total. The summed E-state index contributed by atoms with van der Waals surface area (Å²) in [6, 6.07) is 7.53. The van der Waals surface area contributed by atoms with E-state index >= 15 is 0 Å². The monoisotopic (exact) mass is 337 g/mol. The Labute approximate surface area is 134 Å². The van der Waals surface area contributed by atoms with E-state index in [4.69, 9.17) is 4.42 Å². The van der Waals surface area contributed by atoms with Crippen LogP contribution in [0.3, 0.4) is 0 Å². The van der Waals surface area contributed by atoms with Crippen LogP contribution in [0.25, 0.3) is 11.0 Å². The molecule has 0 radical (unpaired) electrons. The summed E-state index contributed by atoms with van der Waals surface area (Å²) in [5.41, 5.74) is -2.39. The second-order valence-corrected chi connectivity index (χ2v) is 5.80. The predicted octanol–water partition coefficient (Wildman–Crippen LogP) is 3.52. The maximum absolute atomic E-state index is 12.8. The molecule has 24 heavy (non-hydrogen) atoms. The van der Waals surface area contributed by atoms with E-state index in [1.807, 2.05) is 0 Å². The Morgan fingerprint density at radius 2 is 1.88 bits per heavy atom. The molecule has 0 saturated carbocycles. The lowest BCUT2D eigenvalue weighted by Crippen LogP contribution is -2.33. The van der Waals surface area contributed by atoms with E-state index in [0.717, 1.165) is 12.1 Å². The Kier molecular flexibility index (Phi) is 3.76. The summed E-state index contributed by atoms with van der Waals surface area (Å²) in [4.78, 5) is 12.3. The van der Waals surface area contributed by atoms with Gasteiger partial charge in [-0.2, -0.15) is 13.2 Å². The number of nitrogens with zero attached hydrogens (tertiary/aromatic N) is 1. The van der Waals surface area contributed by atoms with Gasteiger partial charge in [-0.05, 0) is 36.8 Å². The van der Waals surface area contributed by atoms with Gasteiger partial charge in [-0.25, -0.2) is 0 Å². The minimum atomic E-state index is -4.50. The fourth-order valence-electron chi connectivity index (χ4n) is 2.58. The van der Waals surface area contributed by atoms with Crippen molar-refractivity contribution in [3.05, 3.63) is 70.3 Å². The van der Waals surface area contributed by atoms with Crippen molar-refractivity contribution in [2.75, 3.05) is 0 Å². The van der Waals surface area contributed by atoms with Gasteiger partial charge in [-0.3, -0.25) is 4.79 Å². The molecule has 0 aliphatic heterocycles. The van der Waals surface area contributed by atoms with Gasteiger partial charge in [0.15, 0.2) is 0 Å². The number of furan rings is 1. The van der Waals surface area contributed by atoms with Gasteiger partial charge in [-0.15, -0.1) is 0 Å². The van der Waals surface area contributed by atoms with Crippen LogP contribution in [0.1, 0.15) is 18.1 Å². The molecule has 1 aromatic carbocycles. The number of alkyl halides is 3. The molecular weight excluding hydrogens is 323 g/mol. The van der Waals surface area contributed by atoms with Crippen molar-refractivity contribution in [1.82, 2.24) is 4.57 Å². The molecule has 1 unspecified atom stereocenters. The predicted molar refractivity (Wildman–Crippen MR) is 81.5 cm³/mol. The zero-order chi connectivity index (χ0) is 17.5. The average Bonchev–Trinajstić information content (AvgIpc) is 2.99. The number of fused-ring (bicyclic) bond motifs is 1. The summed E-state index contributed by atoms with van der Waals surface area (Å²) in [7, 11) is 0. The molecule has 7 heteroatoms. The second kappa shape index (κ2) is 5.52. The van der Waals surface area contributed by atoms with E-state index in [0.29, 0.717) is 11.0 Å². The summed E-state index contributed by atoms with van der Waals surface area (Å²) in [5.74, 6) is 0. The standard InChI is InChI=1S/C17H14F3NO3/c1-16(23,11-3-2-4-12(9-11)17(18,19)20)10-21-7-5-14-13(15(21)22)6-8-24-14/h2-9,23H,10H2,1H3. The quantitative estimate of drug-likeness (QED) is 0.796. The van der Waals surface area contributed by atoms with Gasteiger partial charge in [0.2, 0.25) is 0 Å². The third-order valence-corrected chi connectivity index (χ3v) is 3.88. The zero-order valence-corrected chi connectivity index (χ0v) is 12.7. The maximum atomic E-state index is 12.8. The van der Waals surface area contributed by atoms with Crippen molar-refractivity contribution in [2.24, 2.45) is 0 Å². The fraction of sp³-hybridized carbons (Fsp3) is 0.235. The Morgan fingerprint density at radius 3 is 2.58 bits per heavy atom. The summed E-state index contributed by atoms with van der Waals surface area (Å²) in [5, 5.41) is 11.0. The van der Waals surface area contributed by atoms with Crippen molar-refractivity contribution in [3.8, 4) is 0 Å². The van der Waals surface area contributed by atoms with Crippen LogP contribution in [-0.2, 0) is 18.3 Å². The van der Waals surface area contributed by atoms with Crippen LogP contribution in [-0.4, -0.2) is 9.67 Å². The Hall–Kier alpha value is -2.54. The molecule has 0 spiro atoms. The molecule has 0 fully saturated rings. The first-order valence-corrected chi connectivity index (χ1v) is 7.15. The van der Waals surface area contributed by atoms with Crippen LogP contribution in [0.2, 0.25) is 0 Å². The molecule has 1 atom stereocenters. The molecule has 0 amide bonds. The highest BCUT2D eigenvalue weighted by Gasteiger charge is 2.33. The molecule has 2 aromatic heterocycles. The van der Waals surface area contributed by atoms with E-state index in [-0.39, 0.29) is 17.7 Å². The first-order valence-electron chi connectivity index (χ1n) is 7.15. The molecule has 2 heterocycles. The number of aromatic nitrogens is 1. The fourth-order valence-corrected chi connectivity index (χ4v) is 2.58. The minimum Gasteiger partial charge on any atom is -0.464 e. The van der Waals surface area contributed by atoms with Crippen LogP contribution in [0, 0.1) is 0 Å². The summed E-state index contributed by atoms with van der Waals surface area (Å²) in [6.45, 7) is 1.18. The summed E-state index contributed by atoms with van der Waals surface area (Å²) >= 11 is 0. The molecule has 0 aliphatic rings. The summed E-state index contributed by atoms with van der Waals surface area (Å²) in [6.07, 6.45) is -1.68. The third-order valence-electron chi connectivity index (χ3n) is 3.88. The smallest absolute Gasteiger partial charge is 0.416 e. The number of hydrogen-bond donors (Lipinski definition) is 1. The molecule has 0 saturated heterocycles.